The Labute approximate surface area is 151 Å². The minimum atomic E-state index is -3.32. The summed E-state index contributed by atoms with van der Waals surface area (Å²) in [6.45, 7) is 0.330. The smallest absolute Gasteiger partial charge is 0.258 e. The quantitative estimate of drug-likeness (QED) is 0.872. The number of nitrogens with zero attached hydrogens (tertiary/aromatic N) is 2. The fraction of sp³-hybridized carbons (Fsp3) is 0.222. The van der Waals surface area contributed by atoms with E-state index in [1.165, 1.54) is 9.21 Å². The number of sulfonamides is 1. The highest BCUT2D eigenvalue weighted by atomic mass is 32.2. The SMILES string of the molecule is O=C1CN(C(=O)c2cccc(N3CCCS3(=O)=O)c2)c2ccccc2N1. The largest absolute Gasteiger partial charge is 0.323 e. The van der Waals surface area contributed by atoms with Gasteiger partial charge in [0.25, 0.3) is 5.91 Å². The summed E-state index contributed by atoms with van der Waals surface area (Å²) >= 11 is 0. The van der Waals surface area contributed by atoms with Gasteiger partial charge in [0.2, 0.25) is 15.9 Å². The number of carbonyl (C=O) groups is 2. The van der Waals surface area contributed by atoms with E-state index in [-0.39, 0.29) is 24.1 Å². The van der Waals surface area contributed by atoms with Crippen LogP contribution in [-0.2, 0) is 14.8 Å². The number of amides is 2. The van der Waals surface area contributed by atoms with Crippen molar-refractivity contribution in [3.63, 3.8) is 0 Å². The Morgan fingerprint density at radius 2 is 1.88 bits per heavy atom. The highest BCUT2D eigenvalue weighted by Gasteiger charge is 2.30. The summed E-state index contributed by atoms with van der Waals surface area (Å²) in [7, 11) is -3.32. The number of hydrogen-bond donors (Lipinski definition) is 1. The van der Waals surface area contributed by atoms with Crippen molar-refractivity contribution in [3.8, 4) is 0 Å². The van der Waals surface area contributed by atoms with Crippen LogP contribution in [0.1, 0.15) is 16.8 Å². The molecule has 1 fully saturated rings. The molecule has 8 heteroatoms. The maximum absolute atomic E-state index is 13.0. The van der Waals surface area contributed by atoms with E-state index in [1.807, 2.05) is 0 Å². The van der Waals surface area contributed by atoms with Crippen LogP contribution in [0.5, 0.6) is 0 Å². The van der Waals surface area contributed by atoms with E-state index in [4.69, 9.17) is 0 Å². The molecule has 0 bridgehead atoms. The van der Waals surface area contributed by atoms with Gasteiger partial charge in [-0.1, -0.05) is 18.2 Å². The minimum Gasteiger partial charge on any atom is -0.323 e. The third-order valence-electron chi connectivity index (χ3n) is 4.50. The number of rotatable bonds is 2. The molecule has 0 aliphatic carbocycles. The van der Waals surface area contributed by atoms with Crippen molar-refractivity contribution in [2.75, 3.05) is 33.4 Å². The van der Waals surface area contributed by atoms with Crippen LogP contribution >= 0.6 is 0 Å². The van der Waals surface area contributed by atoms with Crippen molar-refractivity contribution in [1.29, 1.82) is 0 Å². The molecule has 7 nitrogen and oxygen atoms in total. The average molecular weight is 371 g/mol. The Hall–Kier alpha value is -2.87. The lowest BCUT2D eigenvalue weighted by Gasteiger charge is -2.29. The summed E-state index contributed by atoms with van der Waals surface area (Å²) in [5.41, 5.74) is 2.02. The lowest BCUT2D eigenvalue weighted by Crippen LogP contribution is -2.42. The molecular weight excluding hydrogens is 354 g/mol. The van der Waals surface area contributed by atoms with Gasteiger partial charge >= 0.3 is 0 Å². The number of benzene rings is 2. The highest BCUT2D eigenvalue weighted by Crippen LogP contribution is 2.31. The molecule has 1 N–H and O–H groups in total. The molecule has 0 aromatic heterocycles. The summed E-state index contributed by atoms with van der Waals surface area (Å²) < 4.78 is 25.6. The molecular formula is C18H17N3O4S. The molecule has 2 aliphatic rings. The van der Waals surface area contributed by atoms with Gasteiger partial charge < -0.3 is 5.32 Å². The predicted octanol–water partition coefficient (Wildman–Crippen LogP) is 1.83. The van der Waals surface area contributed by atoms with Crippen LogP contribution in [0.4, 0.5) is 17.1 Å². The summed E-state index contributed by atoms with van der Waals surface area (Å²) in [6, 6.07) is 13.6. The van der Waals surface area contributed by atoms with Gasteiger partial charge in [-0.2, -0.15) is 0 Å². The lowest BCUT2D eigenvalue weighted by atomic mass is 10.1. The molecule has 26 heavy (non-hydrogen) atoms. The number of fused-ring (bicyclic) bond motifs is 1. The Bertz CT molecular complexity index is 1000. The number of para-hydroxylation sites is 2. The van der Waals surface area contributed by atoms with Crippen LogP contribution in [0.15, 0.2) is 48.5 Å². The van der Waals surface area contributed by atoms with E-state index < -0.39 is 10.0 Å². The lowest BCUT2D eigenvalue weighted by molar-refractivity contribution is -0.115. The second kappa shape index (κ2) is 6.14. The van der Waals surface area contributed by atoms with Gasteiger partial charge in [0, 0.05) is 12.1 Å². The first-order chi connectivity index (χ1) is 12.5. The van der Waals surface area contributed by atoms with Crippen molar-refractivity contribution in [3.05, 3.63) is 54.1 Å². The minimum absolute atomic E-state index is 0.0813. The molecule has 0 atom stereocenters. The molecule has 0 saturated carbocycles. The van der Waals surface area contributed by atoms with Crippen molar-refractivity contribution in [1.82, 2.24) is 0 Å². The van der Waals surface area contributed by atoms with Gasteiger partial charge in [0.1, 0.15) is 6.54 Å². The fourth-order valence-electron chi connectivity index (χ4n) is 3.29. The Balaban J connectivity index is 1.70. The molecule has 4 rings (SSSR count). The second-order valence-electron chi connectivity index (χ2n) is 6.25. The first kappa shape index (κ1) is 16.6. The molecule has 2 aromatic rings. The number of nitrogens with one attached hydrogen (secondary N) is 1. The van der Waals surface area contributed by atoms with E-state index in [2.05, 4.69) is 5.32 Å². The summed E-state index contributed by atoms with van der Waals surface area (Å²) in [6.07, 6.45) is 0.570. The number of hydrogen-bond acceptors (Lipinski definition) is 4. The Morgan fingerprint density at radius 3 is 2.65 bits per heavy atom. The van der Waals surface area contributed by atoms with Crippen LogP contribution in [0, 0.1) is 0 Å². The van der Waals surface area contributed by atoms with Gasteiger partial charge in [-0.25, -0.2) is 8.42 Å². The molecule has 1 saturated heterocycles. The number of anilines is 3. The zero-order valence-electron chi connectivity index (χ0n) is 13.9. The van der Waals surface area contributed by atoms with Gasteiger partial charge in [-0.05, 0) is 36.8 Å². The van der Waals surface area contributed by atoms with Crippen molar-refractivity contribution < 1.29 is 18.0 Å². The average Bonchev–Trinajstić information content (AvgIpc) is 2.99. The zero-order chi connectivity index (χ0) is 18.3. The first-order valence-corrected chi connectivity index (χ1v) is 9.88. The van der Waals surface area contributed by atoms with Gasteiger partial charge in [-0.15, -0.1) is 0 Å². The Kier molecular flexibility index (Phi) is 3.91. The zero-order valence-corrected chi connectivity index (χ0v) is 14.7. The first-order valence-electron chi connectivity index (χ1n) is 8.27. The van der Waals surface area contributed by atoms with Gasteiger partial charge in [0.05, 0.1) is 22.8 Å². The summed E-state index contributed by atoms with van der Waals surface area (Å²) in [5.74, 6) is -0.494. The van der Waals surface area contributed by atoms with Crippen LogP contribution in [0.2, 0.25) is 0 Å². The molecule has 2 amide bonds. The molecule has 2 aromatic carbocycles. The van der Waals surface area contributed by atoms with E-state index in [0.717, 1.165) is 0 Å². The number of carbonyl (C=O) groups excluding carboxylic acids is 2. The summed E-state index contributed by atoms with van der Waals surface area (Å²) in [5, 5.41) is 2.74. The maximum atomic E-state index is 13.0. The van der Waals surface area contributed by atoms with E-state index >= 15 is 0 Å². The standard InChI is InChI=1S/C18H17N3O4S/c22-17-12-20(16-8-2-1-7-15(16)19-17)18(23)13-5-3-6-14(11-13)21-9-4-10-26(21,24)25/h1-3,5-8,11H,4,9-10,12H2,(H,19,22). The monoisotopic (exact) mass is 371 g/mol. The third kappa shape index (κ3) is 2.82. The van der Waals surface area contributed by atoms with Gasteiger partial charge in [0.15, 0.2) is 0 Å². The maximum Gasteiger partial charge on any atom is 0.258 e. The second-order valence-corrected chi connectivity index (χ2v) is 8.26. The normalized spacial score (nSPS) is 18.4. The van der Waals surface area contributed by atoms with E-state index in [0.29, 0.717) is 35.6 Å². The van der Waals surface area contributed by atoms with Crippen LogP contribution < -0.4 is 14.5 Å². The predicted molar refractivity (Wildman–Crippen MR) is 98.9 cm³/mol. The summed E-state index contributed by atoms with van der Waals surface area (Å²) in [4.78, 5) is 26.4. The van der Waals surface area contributed by atoms with E-state index in [1.54, 1.807) is 48.5 Å². The van der Waals surface area contributed by atoms with Crippen molar-refractivity contribution in [2.45, 2.75) is 6.42 Å². The molecule has 0 radical (unpaired) electrons. The third-order valence-corrected chi connectivity index (χ3v) is 6.37. The Morgan fingerprint density at radius 1 is 1.08 bits per heavy atom. The fourth-order valence-corrected chi connectivity index (χ4v) is 4.85. The van der Waals surface area contributed by atoms with Crippen LogP contribution in [0.3, 0.4) is 0 Å². The molecule has 0 spiro atoms. The van der Waals surface area contributed by atoms with E-state index in [9.17, 15) is 18.0 Å². The van der Waals surface area contributed by atoms with Crippen molar-refractivity contribution >= 4 is 38.9 Å². The van der Waals surface area contributed by atoms with Crippen LogP contribution in [-0.4, -0.2) is 39.1 Å². The topological polar surface area (TPSA) is 86.8 Å². The van der Waals surface area contributed by atoms with Crippen molar-refractivity contribution in [2.24, 2.45) is 0 Å². The molecule has 0 unspecified atom stereocenters. The molecule has 2 heterocycles. The highest BCUT2D eigenvalue weighted by molar-refractivity contribution is 7.93. The molecule has 134 valence electrons. The van der Waals surface area contributed by atoms with Gasteiger partial charge in [-0.3, -0.25) is 18.8 Å². The van der Waals surface area contributed by atoms with Crippen LogP contribution in [0.25, 0.3) is 0 Å². The molecule has 2 aliphatic heterocycles.